The van der Waals surface area contributed by atoms with Crippen molar-refractivity contribution in [2.45, 2.75) is 26.2 Å². The third-order valence-corrected chi connectivity index (χ3v) is 5.90. The lowest BCUT2D eigenvalue weighted by molar-refractivity contribution is 0.504. The van der Waals surface area contributed by atoms with Gasteiger partial charge in [0, 0.05) is 16.1 Å². The Morgan fingerprint density at radius 2 is 2.09 bits per heavy atom. The highest BCUT2D eigenvalue weighted by atomic mass is 32.1. The highest BCUT2D eigenvalue weighted by molar-refractivity contribution is 7.71. The van der Waals surface area contributed by atoms with Gasteiger partial charge in [0.05, 0.1) is 0 Å². The monoisotopic (exact) mass is 328 g/mol. The predicted molar refractivity (Wildman–Crippen MR) is 93.8 cm³/mol. The molecule has 0 bridgehead atoms. The molecule has 5 heteroatoms. The molecular formula is C17H16N2OS2. The van der Waals surface area contributed by atoms with Gasteiger partial charge >= 0.3 is 0 Å². The van der Waals surface area contributed by atoms with E-state index in [4.69, 9.17) is 12.2 Å². The number of hydrogen-bond donors (Lipinski definition) is 1. The maximum absolute atomic E-state index is 12.8. The van der Waals surface area contributed by atoms with Crippen molar-refractivity contribution in [1.29, 1.82) is 0 Å². The predicted octanol–water partition coefficient (Wildman–Crippen LogP) is 4.23. The summed E-state index contributed by atoms with van der Waals surface area (Å²) < 4.78 is 2.57. The molecule has 22 heavy (non-hydrogen) atoms. The zero-order chi connectivity index (χ0) is 15.3. The summed E-state index contributed by atoms with van der Waals surface area (Å²) >= 11 is 7.18. The third kappa shape index (κ3) is 2.08. The summed E-state index contributed by atoms with van der Waals surface area (Å²) in [5, 5.41) is 0. The van der Waals surface area contributed by atoms with Gasteiger partial charge in [-0.3, -0.25) is 9.36 Å². The minimum atomic E-state index is 0.135. The Bertz CT molecular complexity index is 966. The number of aromatic amines is 1. The quantitative estimate of drug-likeness (QED) is 0.679. The van der Waals surface area contributed by atoms with E-state index >= 15 is 0 Å². The van der Waals surface area contributed by atoms with Crippen molar-refractivity contribution < 1.29 is 0 Å². The third-order valence-electron chi connectivity index (χ3n) is 4.34. The van der Waals surface area contributed by atoms with Crippen LogP contribution in [0.1, 0.15) is 23.8 Å². The van der Waals surface area contributed by atoms with Crippen LogP contribution in [0.3, 0.4) is 0 Å². The van der Waals surface area contributed by atoms with Crippen LogP contribution >= 0.6 is 23.6 Å². The van der Waals surface area contributed by atoms with Crippen molar-refractivity contribution in [3.63, 3.8) is 0 Å². The molecule has 4 rings (SSSR count). The van der Waals surface area contributed by atoms with E-state index in [9.17, 15) is 4.79 Å². The first-order valence-corrected chi connectivity index (χ1v) is 8.72. The summed E-state index contributed by atoms with van der Waals surface area (Å²) in [6.45, 7) is 2.22. The number of rotatable bonds is 1. The first-order valence-electron chi connectivity index (χ1n) is 7.50. The molecule has 2 aromatic heterocycles. The zero-order valence-corrected chi connectivity index (χ0v) is 13.9. The van der Waals surface area contributed by atoms with E-state index in [1.807, 2.05) is 34.9 Å². The molecule has 0 aliphatic heterocycles. The molecule has 0 spiro atoms. The number of benzene rings is 1. The van der Waals surface area contributed by atoms with E-state index in [2.05, 4.69) is 11.9 Å². The molecule has 0 saturated heterocycles. The molecule has 1 aliphatic carbocycles. The molecule has 0 amide bonds. The van der Waals surface area contributed by atoms with Crippen molar-refractivity contribution in [3.8, 4) is 5.69 Å². The van der Waals surface area contributed by atoms with Gasteiger partial charge in [0.25, 0.3) is 0 Å². The molecular weight excluding hydrogens is 312 g/mol. The molecule has 1 N–H and O–H groups in total. The fourth-order valence-corrected chi connectivity index (χ4v) is 4.82. The number of aryl methyl sites for hydroxylation is 1. The largest absolute Gasteiger partial charge is 0.326 e. The number of imidazole rings is 1. The molecule has 3 nitrogen and oxygen atoms in total. The highest BCUT2D eigenvalue weighted by Gasteiger charge is 2.22. The molecule has 0 saturated carbocycles. The smallest absolute Gasteiger partial charge is 0.209 e. The maximum atomic E-state index is 12.8. The van der Waals surface area contributed by atoms with Gasteiger partial charge < -0.3 is 4.98 Å². The summed E-state index contributed by atoms with van der Waals surface area (Å²) in [5.41, 5.74) is 2.79. The zero-order valence-electron chi connectivity index (χ0n) is 12.3. The Balaban J connectivity index is 2.06. The minimum Gasteiger partial charge on any atom is -0.326 e. The van der Waals surface area contributed by atoms with Crippen molar-refractivity contribution in [2.75, 3.05) is 0 Å². The van der Waals surface area contributed by atoms with Crippen LogP contribution in [0.15, 0.2) is 35.1 Å². The average molecular weight is 328 g/mol. The van der Waals surface area contributed by atoms with Crippen molar-refractivity contribution in [2.24, 2.45) is 5.92 Å². The minimum absolute atomic E-state index is 0.135. The molecule has 3 aromatic rings. The van der Waals surface area contributed by atoms with Gasteiger partial charge in [0.15, 0.2) is 4.77 Å². The van der Waals surface area contributed by atoms with Crippen molar-refractivity contribution in [3.05, 3.63) is 55.8 Å². The number of nitrogens with one attached hydrogen (secondary N) is 1. The summed E-state index contributed by atoms with van der Waals surface area (Å²) in [7, 11) is 0. The fraction of sp³-hybridized carbons (Fsp3) is 0.294. The number of aromatic nitrogens is 2. The lowest BCUT2D eigenvalue weighted by Crippen LogP contribution is -2.20. The van der Waals surface area contributed by atoms with Crippen LogP contribution in [-0.4, -0.2) is 9.55 Å². The number of H-pyrrole nitrogens is 1. The molecule has 1 aliphatic rings. The van der Waals surface area contributed by atoms with Gasteiger partial charge in [-0.2, -0.15) is 0 Å². The Morgan fingerprint density at radius 1 is 1.32 bits per heavy atom. The normalized spacial score (nSPS) is 17.6. The molecule has 0 radical (unpaired) electrons. The van der Waals surface area contributed by atoms with Gasteiger partial charge in [-0.05, 0) is 49.5 Å². The van der Waals surface area contributed by atoms with Crippen LogP contribution in [0.4, 0.5) is 0 Å². The summed E-state index contributed by atoms with van der Waals surface area (Å²) in [6, 6.07) is 9.98. The number of hydrogen-bond acceptors (Lipinski definition) is 3. The molecule has 1 atom stereocenters. The van der Waals surface area contributed by atoms with Gasteiger partial charge in [-0.1, -0.05) is 25.1 Å². The van der Waals surface area contributed by atoms with E-state index in [1.165, 1.54) is 4.88 Å². The van der Waals surface area contributed by atoms with E-state index in [-0.39, 0.29) is 5.43 Å². The van der Waals surface area contributed by atoms with Gasteiger partial charge in [-0.25, -0.2) is 0 Å². The van der Waals surface area contributed by atoms with Crippen molar-refractivity contribution in [1.82, 2.24) is 9.55 Å². The molecule has 2 heterocycles. The Hall–Kier alpha value is -1.72. The topological polar surface area (TPSA) is 37.8 Å². The highest BCUT2D eigenvalue weighted by Crippen LogP contribution is 2.31. The molecule has 1 aromatic carbocycles. The second-order valence-electron chi connectivity index (χ2n) is 5.96. The summed E-state index contributed by atoms with van der Waals surface area (Å²) in [5.74, 6) is 0.587. The first-order chi connectivity index (χ1) is 10.6. The fourth-order valence-electron chi connectivity index (χ4n) is 3.17. The summed E-state index contributed by atoms with van der Waals surface area (Å²) in [4.78, 5) is 18.1. The van der Waals surface area contributed by atoms with E-state index < -0.39 is 0 Å². The molecule has 0 fully saturated rings. The van der Waals surface area contributed by atoms with Gasteiger partial charge in [-0.15, -0.1) is 11.3 Å². The van der Waals surface area contributed by atoms with Crippen LogP contribution in [0.5, 0.6) is 0 Å². The lowest BCUT2D eigenvalue weighted by Gasteiger charge is -2.20. The maximum Gasteiger partial charge on any atom is 0.209 e. The van der Waals surface area contributed by atoms with Crippen LogP contribution < -0.4 is 5.43 Å². The van der Waals surface area contributed by atoms with Gasteiger partial charge in [0.2, 0.25) is 5.43 Å². The lowest BCUT2D eigenvalue weighted by atomic mass is 9.89. The number of fused-ring (bicyclic) bond motifs is 2. The van der Waals surface area contributed by atoms with Crippen LogP contribution in [0.25, 0.3) is 16.0 Å². The average Bonchev–Trinajstić information content (AvgIpc) is 2.86. The number of para-hydroxylation sites is 1. The molecule has 112 valence electrons. The van der Waals surface area contributed by atoms with Crippen LogP contribution in [-0.2, 0) is 12.8 Å². The SMILES string of the molecule is CC1CCc2sc3c([nH]c(=S)n3-c3ccccc3)c(=O)c2C1. The van der Waals surface area contributed by atoms with E-state index in [1.54, 1.807) is 11.3 Å². The van der Waals surface area contributed by atoms with Crippen LogP contribution in [0.2, 0.25) is 0 Å². The Labute approximate surface area is 137 Å². The second kappa shape index (κ2) is 5.18. The Morgan fingerprint density at radius 3 is 2.86 bits per heavy atom. The number of nitrogens with zero attached hydrogens (tertiary/aromatic N) is 1. The second-order valence-corrected chi connectivity index (χ2v) is 7.43. The van der Waals surface area contributed by atoms with Gasteiger partial charge in [0.1, 0.15) is 10.3 Å². The molecule has 1 unspecified atom stereocenters. The van der Waals surface area contributed by atoms with E-state index in [0.717, 1.165) is 35.3 Å². The first kappa shape index (κ1) is 13.9. The van der Waals surface area contributed by atoms with Crippen LogP contribution in [0, 0.1) is 10.7 Å². The van der Waals surface area contributed by atoms with Crippen molar-refractivity contribution >= 4 is 33.9 Å². The summed E-state index contributed by atoms with van der Waals surface area (Å²) in [6.07, 6.45) is 3.04. The Kier molecular flexibility index (Phi) is 3.27. The van der Waals surface area contributed by atoms with E-state index in [0.29, 0.717) is 16.2 Å². The standard InChI is InChI=1S/C17H16N2OS2/c1-10-7-8-13-12(9-10)15(20)14-16(22-13)19(17(21)18-14)11-5-3-2-4-6-11/h2-6,10H,7-9H2,1H3,(H,18,21).